The van der Waals surface area contributed by atoms with Gasteiger partial charge in [-0.25, -0.2) is 27.3 Å². The number of benzene rings is 3. The molecule has 0 aliphatic carbocycles. The first-order valence-electron chi connectivity index (χ1n) is 9.49. The van der Waals surface area contributed by atoms with Crippen LogP contribution in [0.15, 0.2) is 87.3 Å². The molecule has 0 aliphatic rings. The Morgan fingerprint density at radius 2 is 1.56 bits per heavy atom. The molecule has 10 heteroatoms. The standard InChI is InChI=1S/C22H18N4O5S/c1-14-6-12-17(13-7-14)32(30,31)25-21(28)23-15-8-10-16(11-9-15)26-20(27)18-4-2-3-5-19(18)24-22(26)29/h2-13H,1H3,(H,24,29)(H2,23,25,28). The number of fused-ring (bicyclic) bond motifs is 1. The summed E-state index contributed by atoms with van der Waals surface area (Å²) < 4.78 is 27.6. The Kier molecular flexibility index (Phi) is 5.37. The third-order valence-electron chi connectivity index (χ3n) is 4.75. The average Bonchev–Trinajstić information content (AvgIpc) is 2.75. The Morgan fingerprint density at radius 3 is 2.25 bits per heavy atom. The van der Waals surface area contributed by atoms with Gasteiger partial charge in [-0.3, -0.25) is 4.79 Å². The molecule has 9 nitrogen and oxygen atoms in total. The second kappa shape index (κ2) is 8.16. The van der Waals surface area contributed by atoms with Gasteiger partial charge in [0.25, 0.3) is 15.6 Å². The topological polar surface area (TPSA) is 130 Å². The van der Waals surface area contributed by atoms with Crippen LogP contribution in [-0.4, -0.2) is 24.0 Å². The van der Waals surface area contributed by atoms with Crippen molar-refractivity contribution in [2.45, 2.75) is 11.8 Å². The molecule has 0 fully saturated rings. The number of hydrogen-bond donors (Lipinski definition) is 3. The molecule has 3 aromatic carbocycles. The van der Waals surface area contributed by atoms with Crippen molar-refractivity contribution in [3.05, 3.63) is 99.2 Å². The van der Waals surface area contributed by atoms with Crippen LogP contribution in [0.2, 0.25) is 0 Å². The summed E-state index contributed by atoms with van der Waals surface area (Å²) in [5.74, 6) is 0. The molecule has 3 N–H and O–H groups in total. The van der Waals surface area contributed by atoms with E-state index in [2.05, 4.69) is 10.3 Å². The van der Waals surface area contributed by atoms with Crippen LogP contribution >= 0.6 is 0 Å². The van der Waals surface area contributed by atoms with Crippen LogP contribution in [-0.2, 0) is 10.0 Å². The molecule has 0 radical (unpaired) electrons. The van der Waals surface area contributed by atoms with E-state index in [0.29, 0.717) is 16.6 Å². The second-order valence-corrected chi connectivity index (χ2v) is 8.72. The number of sulfonamides is 1. The van der Waals surface area contributed by atoms with E-state index in [-0.39, 0.29) is 10.6 Å². The summed E-state index contributed by atoms with van der Waals surface area (Å²) in [6, 6.07) is 17.6. The number of amides is 2. The summed E-state index contributed by atoms with van der Waals surface area (Å²) in [4.78, 5) is 39.9. The molecule has 0 saturated carbocycles. The summed E-state index contributed by atoms with van der Waals surface area (Å²) >= 11 is 0. The monoisotopic (exact) mass is 450 g/mol. The molecule has 162 valence electrons. The molecule has 32 heavy (non-hydrogen) atoms. The summed E-state index contributed by atoms with van der Waals surface area (Å²) in [7, 11) is -4.03. The third kappa shape index (κ3) is 4.16. The van der Waals surface area contributed by atoms with Crippen molar-refractivity contribution in [2.24, 2.45) is 0 Å². The minimum atomic E-state index is -4.03. The lowest BCUT2D eigenvalue weighted by atomic mass is 10.2. The molecule has 0 bridgehead atoms. The number of hydrogen-bond acceptors (Lipinski definition) is 5. The fourth-order valence-electron chi connectivity index (χ4n) is 3.15. The van der Waals surface area contributed by atoms with Crippen LogP contribution in [0, 0.1) is 6.92 Å². The van der Waals surface area contributed by atoms with Crippen LogP contribution in [0.5, 0.6) is 0 Å². The Morgan fingerprint density at radius 1 is 0.906 bits per heavy atom. The molecule has 4 aromatic rings. The quantitative estimate of drug-likeness (QED) is 0.440. The first kappa shape index (κ1) is 21.1. The number of aromatic nitrogens is 2. The summed E-state index contributed by atoms with van der Waals surface area (Å²) in [5.41, 5.74) is 0.806. The van der Waals surface area contributed by atoms with Crippen molar-refractivity contribution in [2.75, 3.05) is 5.32 Å². The van der Waals surface area contributed by atoms with Crippen LogP contribution in [0.1, 0.15) is 5.56 Å². The Bertz CT molecular complexity index is 1540. The van der Waals surface area contributed by atoms with E-state index in [9.17, 15) is 22.8 Å². The van der Waals surface area contributed by atoms with Crippen molar-refractivity contribution in [3.8, 4) is 5.69 Å². The van der Waals surface area contributed by atoms with Gasteiger partial charge in [-0.2, -0.15) is 0 Å². The van der Waals surface area contributed by atoms with Gasteiger partial charge in [-0.1, -0.05) is 29.8 Å². The highest BCUT2D eigenvalue weighted by molar-refractivity contribution is 7.90. The van der Waals surface area contributed by atoms with E-state index in [1.165, 1.54) is 36.4 Å². The zero-order valence-corrected chi connectivity index (χ0v) is 17.6. The van der Waals surface area contributed by atoms with Crippen molar-refractivity contribution >= 4 is 32.6 Å². The number of anilines is 1. The van der Waals surface area contributed by atoms with Gasteiger partial charge >= 0.3 is 11.7 Å². The highest BCUT2D eigenvalue weighted by Crippen LogP contribution is 2.14. The number of aryl methyl sites for hydroxylation is 1. The van der Waals surface area contributed by atoms with Gasteiger partial charge in [0.15, 0.2) is 0 Å². The molecule has 1 heterocycles. The SMILES string of the molecule is Cc1ccc(S(=O)(=O)NC(=O)Nc2ccc(-n3c(=O)[nH]c4ccccc4c3=O)cc2)cc1. The van der Waals surface area contributed by atoms with Crippen molar-refractivity contribution in [1.29, 1.82) is 0 Å². The van der Waals surface area contributed by atoms with E-state index in [1.54, 1.807) is 36.4 Å². The fourth-order valence-corrected chi connectivity index (χ4v) is 4.05. The van der Waals surface area contributed by atoms with Crippen molar-refractivity contribution in [1.82, 2.24) is 14.3 Å². The van der Waals surface area contributed by atoms with E-state index in [4.69, 9.17) is 0 Å². The van der Waals surface area contributed by atoms with Gasteiger partial charge < -0.3 is 10.3 Å². The minimum Gasteiger partial charge on any atom is -0.307 e. The van der Waals surface area contributed by atoms with Gasteiger partial charge in [0.1, 0.15) is 0 Å². The van der Waals surface area contributed by atoms with Gasteiger partial charge in [0.2, 0.25) is 0 Å². The zero-order chi connectivity index (χ0) is 22.9. The van der Waals surface area contributed by atoms with Gasteiger partial charge in [0.05, 0.1) is 21.5 Å². The Balaban J connectivity index is 1.54. The molecule has 4 rings (SSSR count). The predicted octanol–water partition coefficient (Wildman–Crippen LogP) is 2.50. The van der Waals surface area contributed by atoms with Gasteiger partial charge in [-0.05, 0) is 55.5 Å². The molecule has 2 amide bonds. The number of para-hydroxylation sites is 1. The van der Waals surface area contributed by atoms with Gasteiger partial charge in [-0.15, -0.1) is 0 Å². The predicted molar refractivity (Wildman–Crippen MR) is 121 cm³/mol. The first-order valence-corrected chi connectivity index (χ1v) is 11.0. The smallest absolute Gasteiger partial charge is 0.307 e. The zero-order valence-electron chi connectivity index (χ0n) is 16.8. The van der Waals surface area contributed by atoms with Crippen LogP contribution in [0.3, 0.4) is 0 Å². The summed E-state index contributed by atoms with van der Waals surface area (Å²) in [6.07, 6.45) is 0. The number of rotatable bonds is 4. The summed E-state index contributed by atoms with van der Waals surface area (Å²) in [5, 5.41) is 2.77. The van der Waals surface area contributed by atoms with Crippen molar-refractivity contribution < 1.29 is 13.2 Å². The van der Waals surface area contributed by atoms with Gasteiger partial charge in [0, 0.05) is 5.69 Å². The van der Waals surface area contributed by atoms with Crippen LogP contribution in [0.4, 0.5) is 10.5 Å². The molecular weight excluding hydrogens is 432 g/mol. The highest BCUT2D eigenvalue weighted by Gasteiger charge is 2.17. The molecule has 1 aromatic heterocycles. The lowest BCUT2D eigenvalue weighted by molar-refractivity contribution is 0.256. The number of H-pyrrole nitrogens is 1. The highest BCUT2D eigenvalue weighted by atomic mass is 32.2. The third-order valence-corrected chi connectivity index (χ3v) is 6.09. The van der Waals surface area contributed by atoms with E-state index in [0.717, 1.165) is 10.1 Å². The normalized spacial score (nSPS) is 11.3. The van der Waals surface area contributed by atoms with Crippen LogP contribution < -0.4 is 21.3 Å². The maximum absolute atomic E-state index is 12.7. The summed E-state index contributed by atoms with van der Waals surface area (Å²) in [6.45, 7) is 1.82. The number of carbonyl (C=O) groups excluding carboxylic acids is 1. The first-order chi connectivity index (χ1) is 15.2. The number of carbonyl (C=O) groups is 1. The van der Waals surface area contributed by atoms with E-state index >= 15 is 0 Å². The maximum atomic E-state index is 12.7. The molecule has 0 spiro atoms. The molecule has 0 saturated heterocycles. The minimum absolute atomic E-state index is 0.0384. The molecule has 0 aliphatic heterocycles. The van der Waals surface area contributed by atoms with Crippen molar-refractivity contribution in [3.63, 3.8) is 0 Å². The maximum Gasteiger partial charge on any atom is 0.333 e. The average molecular weight is 450 g/mol. The number of nitrogens with zero attached hydrogens (tertiary/aromatic N) is 1. The fraction of sp³-hybridized carbons (Fsp3) is 0.0455. The molecule has 0 atom stereocenters. The van der Waals surface area contributed by atoms with E-state index in [1.807, 2.05) is 11.6 Å². The Hall–Kier alpha value is -4.18. The largest absolute Gasteiger partial charge is 0.333 e. The molecular formula is C22H18N4O5S. The number of urea groups is 1. The molecule has 0 unspecified atom stereocenters. The van der Waals surface area contributed by atoms with E-state index < -0.39 is 27.3 Å². The lowest BCUT2D eigenvalue weighted by Crippen LogP contribution is -2.34. The lowest BCUT2D eigenvalue weighted by Gasteiger charge is -2.10. The number of aromatic amines is 1. The second-order valence-electron chi connectivity index (χ2n) is 7.04. The van der Waals surface area contributed by atoms with Crippen LogP contribution in [0.25, 0.3) is 16.6 Å². The number of nitrogens with one attached hydrogen (secondary N) is 3. The Labute approximate surface area is 182 Å².